The maximum Gasteiger partial charge on any atom is 0.137 e. The average Bonchev–Trinajstić information content (AvgIpc) is 2.84. The molecule has 18 heavy (non-hydrogen) atoms. The number of furan rings is 1. The van der Waals surface area contributed by atoms with Crippen molar-refractivity contribution in [3.8, 4) is 0 Å². The largest absolute Gasteiger partial charge is 0.467 e. The van der Waals surface area contributed by atoms with Crippen LogP contribution in [0.5, 0.6) is 0 Å². The van der Waals surface area contributed by atoms with Crippen LogP contribution in [0.1, 0.15) is 17.1 Å². The van der Waals surface area contributed by atoms with Crippen molar-refractivity contribution in [2.75, 3.05) is 24.3 Å². The Kier molecular flexibility index (Phi) is 3.50. The van der Waals surface area contributed by atoms with Crippen LogP contribution in [0.15, 0.2) is 22.8 Å². The van der Waals surface area contributed by atoms with Crippen molar-refractivity contribution in [1.29, 1.82) is 0 Å². The van der Waals surface area contributed by atoms with Gasteiger partial charge in [-0.3, -0.25) is 0 Å². The van der Waals surface area contributed by atoms with E-state index in [9.17, 15) is 0 Å². The lowest BCUT2D eigenvalue weighted by Gasteiger charge is -2.20. The Morgan fingerprint density at radius 2 is 2.11 bits per heavy atom. The molecule has 0 bridgehead atoms. The molecule has 0 spiro atoms. The molecule has 0 aliphatic rings. The summed E-state index contributed by atoms with van der Waals surface area (Å²) in [6, 6.07) is 3.85. The van der Waals surface area contributed by atoms with Gasteiger partial charge in [0.15, 0.2) is 0 Å². The minimum atomic E-state index is 0.688. The Morgan fingerprint density at radius 1 is 1.33 bits per heavy atom. The first-order valence-electron chi connectivity index (χ1n) is 5.88. The summed E-state index contributed by atoms with van der Waals surface area (Å²) in [7, 11) is 3.86. The summed E-state index contributed by atoms with van der Waals surface area (Å²) >= 11 is 0. The predicted octanol–water partition coefficient (Wildman–Crippen LogP) is 2.36. The zero-order chi connectivity index (χ0) is 13.1. The van der Waals surface area contributed by atoms with Crippen molar-refractivity contribution >= 4 is 11.6 Å². The number of aromatic nitrogens is 2. The van der Waals surface area contributed by atoms with Crippen LogP contribution in [0, 0.1) is 13.8 Å². The number of anilines is 2. The first-order valence-corrected chi connectivity index (χ1v) is 5.88. The molecular weight excluding hydrogens is 228 g/mol. The van der Waals surface area contributed by atoms with Gasteiger partial charge in [-0.25, -0.2) is 9.97 Å². The first-order chi connectivity index (χ1) is 8.61. The van der Waals surface area contributed by atoms with E-state index in [4.69, 9.17) is 4.42 Å². The second kappa shape index (κ2) is 5.08. The van der Waals surface area contributed by atoms with E-state index in [0.29, 0.717) is 6.54 Å². The van der Waals surface area contributed by atoms with Crippen molar-refractivity contribution in [3.63, 3.8) is 0 Å². The Morgan fingerprint density at radius 3 is 2.72 bits per heavy atom. The monoisotopic (exact) mass is 246 g/mol. The maximum atomic E-state index is 5.35. The fraction of sp³-hybridized carbons (Fsp3) is 0.385. The number of nitrogens with zero attached hydrogens (tertiary/aromatic N) is 3. The lowest BCUT2D eigenvalue weighted by molar-refractivity contribution is 0.506. The molecule has 2 aromatic rings. The molecule has 5 heteroatoms. The fourth-order valence-corrected chi connectivity index (χ4v) is 1.94. The number of aryl methyl sites for hydroxylation is 1. The van der Waals surface area contributed by atoms with E-state index in [1.807, 2.05) is 40.1 Å². The van der Waals surface area contributed by atoms with Crippen LogP contribution in [0.25, 0.3) is 0 Å². The topological polar surface area (TPSA) is 54.2 Å². The third-order valence-corrected chi connectivity index (χ3v) is 2.80. The predicted molar refractivity (Wildman–Crippen MR) is 71.9 cm³/mol. The zero-order valence-corrected chi connectivity index (χ0v) is 11.2. The van der Waals surface area contributed by atoms with Gasteiger partial charge in [0.05, 0.1) is 12.8 Å². The van der Waals surface area contributed by atoms with Gasteiger partial charge in [0, 0.05) is 19.7 Å². The summed E-state index contributed by atoms with van der Waals surface area (Å²) in [5, 5.41) is 3.09. The van der Waals surface area contributed by atoms with Crippen molar-refractivity contribution in [2.24, 2.45) is 0 Å². The van der Waals surface area contributed by atoms with Gasteiger partial charge in [0.2, 0.25) is 0 Å². The van der Waals surface area contributed by atoms with Crippen molar-refractivity contribution < 1.29 is 4.42 Å². The van der Waals surface area contributed by atoms with Gasteiger partial charge in [0.25, 0.3) is 0 Å². The van der Waals surface area contributed by atoms with Crippen LogP contribution >= 0.6 is 0 Å². The first kappa shape index (κ1) is 12.4. The van der Waals surface area contributed by atoms with Crippen molar-refractivity contribution in [2.45, 2.75) is 20.4 Å². The zero-order valence-electron chi connectivity index (χ0n) is 11.2. The molecule has 0 fully saturated rings. The van der Waals surface area contributed by atoms with Crippen molar-refractivity contribution in [3.05, 3.63) is 35.5 Å². The summed E-state index contributed by atoms with van der Waals surface area (Å²) in [5.41, 5.74) is 1.04. The van der Waals surface area contributed by atoms with Gasteiger partial charge in [-0.1, -0.05) is 0 Å². The smallest absolute Gasteiger partial charge is 0.137 e. The molecule has 96 valence electrons. The van der Waals surface area contributed by atoms with E-state index in [0.717, 1.165) is 28.8 Å². The van der Waals surface area contributed by atoms with Crippen LogP contribution in [0.2, 0.25) is 0 Å². The number of hydrogen-bond acceptors (Lipinski definition) is 5. The third kappa shape index (κ3) is 2.45. The minimum absolute atomic E-state index is 0.688. The van der Waals surface area contributed by atoms with Crippen LogP contribution in [0.3, 0.4) is 0 Å². The van der Waals surface area contributed by atoms with Crippen LogP contribution in [-0.2, 0) is 6.54 Å². The summed E-state index contributed by atoms with van der Waals surface area (Å²) in [4.78, 5) is 10.9. The van der Waals surface area contributed by atoms with E-state index in [2.05, 4.69) is 20.2 Å². The summed E-state index contributed by atoms with van der Waals surface area (Å²) in [6.45, 7) is 4.59. The molecule has 0 aromatic carbocycles. The molecule has 2 aromatic heterocycles. The molecular formula is C13H18N4O. The molecule has 0 saturated carbocycles. The standard InChI is InChI=1S/C13H18N4O/c1-9-12(14-3)15-10(2)16-13(9)17(4)8-11-6-5-7-18-11/h5-7H,8H2,1-4H3,(H,14,15,16). The maximum absolute atomic E-state index is 5.35. The third-order valence-electron chi connectivity index (χ3n) is 2.80. The van der Waals surface area contributed by atoms with Gasteiger partial charge in [-0.15, -0.1) is 0 Å². The SMILES string of the molecule is CNc1nc(C)nc(N(C)Cc2ccco2)c1C. The molecule has 0 atom stereocenters. The Labute approximate surface area is 107 Å². The normalized spacial score (nSPS) is 10.4. The lowest BCUT2D eigenvalue weighted by Crippen LogP contribution is -2.20. The average molecular weight is 246 g/mol. The van der Waals surface area contributed by atoms with E-state index in [1.54, 1.807) is 6.26 Å². The van der Waals surface area contributed by atoms with Gasteiger partial charge in [-0.2, -0.15) is 0 Å². The second-order valence-corrected chi connectivity index (χ2v) is 4.25. The Bertz CT molecular complexity index is 522. The van der Waals surface area contributed by atoms with Crippen LogP contribution < -0.4 is 10.2 Å². The molecule has 0 aliphatic carbocycles. The van der Waals surface area contributed by atoms with Crippen LogP contribution in [-0.4, -0.2) is 24.1 Å². The highest BCUT2D eigenvalue weighted by Gasteiger charge is 2.13. The highest BCUT2D eigenvalue weighted by Crippen LogP contribution is 2.23. The second-order valence-electron chi connectivity index (χ2n) is 4.25. The quantitative estimate of drug-likeness (QED) is 0.897. The highest BCUT2D eigenvalue weighted by atomic mass is 16.3. The van der Waals surface area contributed by atoms with Gasteiger partial charge in [0.1, 0.15) is 23.2 Å². The summed E-state index contributed by atoms with van der Waals surface area (Å²) < 4.78 is 5.35. The summed E-state index contributed by atoms with van der Waals surface area (Å²) in [5.74, 6) is 3.46. The molecule has 0 saturated heterocycles. The minimum Gasteiger partial charge on any atom is -0.467 e. The van der Waals surface area contributed by atoms with E-state index in [-0.39, 0.29) is 0 Å². The van der Waals surface area contributed by atoms with Gasteiger partial charge in [-0.05, 0) is 26.0 Å². The Balaban J connectivity index is 2.29. The highest BCUT2D eigenvalue weighted by molar-refractivity contribution is 5.58. The number of nitrogens with one attached hydrogen (secondary N) is 1. The molecule has 2 rings (SSSR count). The summed E-state index contributed by atoms with van der Waals surface area (Å²) in [6.07, 6.45) is 1.68. The van der Waals surface area contributed by atoms with Crippen LogP contribution in [0.4, 0.5) is 11.6 Å². The molecule has 2 heterocycles. The van der Waals surface area contributed by atoms with E-state index in [1.165, 1.54) is 0 Å². The van der Waals surface area contributed by atoms with Crippen molar-refractivity contribution in [1.82, 2.24) is 9.97 Å². The molecule has 0 radical (unpaired) electrons. The number of hydrogen-bond donors (Lipinski definition) is 1. The van der Waals surface area contributed by atoms with Gasteiger partial charge < -0.3 is 14.6 Å². The van der Waals surface area contributed by atoms with Gasteiger partial charge >= 0.3 is 0 Å². The number of rotatable bonds is 4. The molecule has 5 nitrogen and oxygen atoms in total. The molecule has 0 aliphatic heterocycles. The molecule has 0 unspecified atom stereocenters. The fourth-order valence-electron chi connectivity index (χ4n) is 1.94. The Hall–Kier alpha value is -2.04. The lowest BCUT2D eigenvalue weighted by atomic mass is 10.2. The van der Waals surface area contributed by atoms with E-state index >= 15 is 0 Å². The van der Waals surface area contributed by atoms with E-state index < -0.39 is 0 Å². The molecule has 0 amide bonds. The molecule has 1 N–H and O–H groups in total.